The largest absolute Gasteiger partial charge is 0.490 e. The number of carboxylic acid groups (broad SMARTS) is 1. The average molecular weight is 583 g/mol. The van der Waals surface area contributed by atoms with Gasteiger partial charge in [-0.2, -0.15) is 13.2 Å². The quantitative estimate of drug-likeness (QED) is 0.293. The van der Waals surface area contributed by atoms with Crippen LogP contribution in [0.3, 0.4) is 0 Å². The molecule has 0 saturated heterocycles. The first-order valence-electron chi connectivity index (χ1n) is 10.1. The Hall–Kier alpha value is -1.40. The lowest BCUT2D eigenvalue weighted by Gasteiger charge is -2.27. The second kappa shape index (κ2) is 9.69. The number of nitrogens with two attached hydrogens (primary N) is 1. The zero-order valence-corrected chi connectivity index (χ0v) is 21.0. The highest BCUT2D eigenvalue weighted by Crippen LogP contribution is 2.56. The molecule has 3 aromatic rings. The van der Waals surface area contributed by atoms with Crippen LogP contribution >= 0.6 is 50.2 Å². The van der Waals surface area contributed by atoms with Crippen LogP contribution in [0.2, 0.25) is 5.15 Å². The number of nitrogens with one attached hydrogen (secondary N) is 1. The molecule has 5 rings (SSSR count). The van der Waals surface area contributed by atoms with Crippen LogP contribution in [0.1, 0.15) is 34.9 Å². The zero-order chi connectivity index (χ0) is 23.9. The fraction of sp³-hybridized carbons (Fsp3) is 0.429. The van der Waals surface area contributed by atoms with Crippen molar-refractivity contribution in [2.75, 3.05) is 5.32 Å². The number of aromatic nitrogens is 1. The Morgan fingerprint density at radius 2 is 2.03 bits per heavy atom. The Morgan fingerprint density at radius 1 is 1.33 bits per heavy atom. The van der Waals surface area contributed by atoms with E-state index in [9.17, 15) is 13.2 Å². The molecule has 0 radical (unpaired) electrons. The Balaban J connectivity index is 0.000000325. The Morgan fingerprint density at radius 3 is 2.67 bits per heavy atom. The van der Waals surface area contributed by atoms with E-state index in [0.29, 0.717) is 11.1 Å². The molecule has 0 unspecified atom stereocenters. The van der Waals surface area contributed by atoms with Gasteiger partial charge in [0.25, 0.3) is 0 Å². The van der Waals surface area contributed by atoms with Gasteiger partial charge in [-0.25, -0.2) is 9.78 Å². The lowest BCUT2D eigenvalue weighted by atomic mass is 9.84. The lowest BCUT2D eigenvalue weighted by molar-refractivity contribution is -0.192. The zero-order valence-electron chi connectivity index (χ0n) is 17.0. The van der Waals surface area contributed by atoms with Gasteiger partial charge in [-0.05, 0) is 58.5 Å². The van der Waals surface area contributed by atoms with Crippen LogP contribution in [0, 0.1) is 11.8 Å². The Bertz CT molecular complexity index is 1160. The molecule has 2 fully saturated rings. The second-order valence-electron chi connectivity index (χ2n) is 8.18. The number of alkyl halides is 3. The summed E-state index contributed by atoms with van der Waals surface area (Å²) < 4.78 is 34.0. The van der Waals surface area contributed by atoms with Crippen molar-refractivity contribution in [3.8, 4) is 0 Å². The van der Waals surface area contributed by atoms with Gasteiger partial charge < -0.3 is 16.2 Å². The molecular formula is C21H20BrClF3N3O2S2. The van der Waals surface area contributed by atoms with Gasteiger partial charge >= 0.3 is 12.1 Å². The number of aliphatic carboxylic acids is 1. The minimum Gasteiger partial charge on any atom is -0.475 e. The SMILES string of the molecule is N[C@@H]1C[C@@H]2C[C@@H]2C[C@H]1c1sc2c(NCc3cccs3)cc(Cl)nc2c1Br.O=C(O)C(F)(F)F. The van der Waals surface area contributed by atoms with Crippen LogP contribution in [0.15, 0.2) is 28.1 Å². The van der Waals surface area contributed by atoms with E-state index in [0.717, 1.165) is 45.2 Å². The van der Waals surface area contributed by atoms with Crippen LogP contribution < -0.4 is 11.1 Å². The Labute approximate surface area is 209 Å². The molecule has 2 saturated carbocycles. The second-order valence-corrected chi connectivity index (χ2v) is 11.4. The van der Waals surface area contributed by atoms with Gasteiger partial charge in [-0.15, -0.1) is 22.7 Å². The van der Waals surface area contributed by atoms with Gasteiger partial charge in [0.15, 0.2) is 0 Å². The van der Waals surface area contributed by atoms with E-state index in [2.05, 4.69) is 43.7 Å². The molecule has 0 spiro atoms. The molecule has 3 heterocycles. The number of hydrogen-bond acceptors (Lipinski definition) is 6. The molecule has 4 atom stereocenters. The maximum atomic E-state index is 10.6. The fourth-order valence-electron chi connectivity index (χ4n) is 4.19. The summed E-state index contributed by atoms with van der Waals surface area (Å²) in [5.74, 6) is -0.571. The number of carbonyl (C=O) groups is 1. The molecule has 12 heteroatoms. The van der Waals surface area contributed by atoms with Crippen molar-refractivity contribution in [2.45, 2.75) is 43.9 Å². The predicted molar refractivity (Wildman–Crippen MR) is 129 cm³/mol. The van der Waals surface area contributed by atoms with Gasteiger partial charge in [-0.3, -0.25) is 0 Å². The van der Waals surface area contributed by atoms with E-state index in [1.165, 1.54) is 22.6 Å². The van der Waals surface area contributed by atoms with E-state index in [4.69, 9.17) is 27.2 Å². The summed E-state index contributed by atoms with van der Waals surface area (Å²) in [5.41, 5.74) is 8.54. The summed E-state index contributed by atoms with van der Waals surface area (Å²) in [4.78, 5) is 16.1. The topological polar surface area (TPSA) is 88.2 Å². The molecule has 0 aliphatic heterocycles. The highest BCUT2D eigenvalue weighted by molar-refractivity contribution is 9.10. The van der Waals surface area contributed by atoms with Crippen molar-refractivity contribution in [1.82, 2.24) is 4.98 Å². The van der Waals surface area contributed by atoms with Crippen molar-refractivity contribution < 1.29 is 23.1 Å². The third-order valence-corrected chi connectivity index (χ3v) is 9.39. The van der Waals surface area contributed by atoms with E-state index in [1.807, 2.05) is 17.4 Å². The molecule has 33 heavy (non-hydrogen) atoms. The van der Waals surface area contributed by atoms with Crippen LogP contribution in [-0.2, 0) is 11.3 Å². The third-order valence-electron chi connectivity index (χ3n) is 5.91. The molecule has 2 aliphatic carbocycles. The molecule has 2 aliphatic rings. The number of fused-ring (bicyclic) bond motifs is 2. The molecule has 0 amide bonds. The summed E-state index contributed by atoms with van der Waals surface area (Å²) in [6, 6.07) is 6.40. The van der Waals surface area contributed by atoms with Crippen molar-refractivity contribution in [2.24, 2.45) is 17.6 Å². The van der Waals surface area contributed by atoms with Gasteiger partial charge in [0.05, 0.1) is 20.4 Å². The van der Waals surface area contributed by atoms with Crippen molar-refractivity contribution in [1.29, 1.82) is 0 Å². The number of hydrogen-bond donors (Lipinski definition) is 3. The summed E-state index contributed by atoms with van der Waals surface area (Å²) in [6.45, 7) is 0.796. The third kappa shape index (κ3) is 5.64. The summed E-state index contributed by atoms with van der Waals surface area (Å²) in [6.07, 6.45) is -1.35. The van der Waals surface area contributed by atoms with Gasteiger partial charge in [0.2, 0.25) is 0 Å². The molecule has 0 bridgehead atoms. The predicted octanol–water partition coefficient (Wildman–Crippen LogP) is 6.86. The van der Waals surface area contributed by atoms with Crippen molar-refractivity contribution >= 4 is 72.1 Å². The molecular weight excluding hydrogens is 563 g/mol. The highest BCUT2D eigenvalue weighted by Gasteiger charge is 2.46. The van der Waals surface area contributed by atoms with Gasteiger partial charge in [-0.1, -0.05) is 17.7 Å². The van der Waals surface area contributed by atoms with Crippen LogP contribution in [-0.4, -0.2) is 28.3 Å². The normalized spacial score (nSPS) is 24.1. The lowest BCUT2D eigenvalue weighted by Crippen LogP contribution is -2.32. The van der Waals surface area contributed by atoms with E-state index in [-0.39, 0.29) is 6.04 Å². The number of carboxylic acids is 1. The molecule has 178 valence electrons. The number of pyridine rings is 1. The summed E-state index contributed by atoms with van der Waals surface area (Å²) in [7, 11) is 0. The first-order valence-corrected chi connectivity index (χ1v) is 13.0. The maximum Gasteiger partial charge on any atom is 0.490 e. The smallest absolute Gasteiger partial charge is 0.475 e. The summed E-state index contributed by atoms with van der Waals surface area (Å²) >= 11 is 13.7. The Kier molecular flexibility index (Phi) is 7.26. The number of thiophene rings is 2. The van der Waals surface area contributed by atoms with Gasteiger partial charge in [0.1, 0.15) is 5.15 Å². The molecule has 3 aromatic heterocycles. The molecule has 0 aromatic carbocycles. The first-order chi connectivity index (χ1) is 15.5. The van der Waals surface area contributed by atoms with E-state index >= 15 is 0 Å². The fourth-order valence-corrected chi connectivity index (χ4v) is 7.30. The molecule has 4 N–H and O–H groups in total. The van der Waals surface area contributed by atoms with E-state index in [1.54, 1.807) is 11.3 Å². The van der Waals surface area contributed by atoms with Crippen LogP contribution in [0.25, 0.3) is 10.2 Å². The number of nitrogens with zero attached hydrogens (tertiary/aromatic N) is 1. The standard InChI is InChI=1S/C19H19BrClN3S2.C2HF3O2/c20-16-17-19(26-18(16)12-5-9-4-10(9)6-13(12)22)14(7-15(21)24-17)23-8-11-2-1-3-25-11;3-2(4,5)1(6)7/h1-3,7,9-10,12-13H,4-6,8,22H2,(H,23,24);(H,6,7)/t9-,10+,12-,13-;/m1./s1. The first kappa shape index (κ1) is 24.7. The van der Waals surface area contributed by atoms with E-state index < -0.39 is 12.1 Å². The summed E-state index contributed by atoms with van der Waals surface area (Å²) in [5, 5.41) is 13.3. The maximum absolute atomic E-state index is 10.6. The van der Waals surface area contributed by atoms with Crippen molar-refractivity contribution in [3.05, 3.63) is 43.0 Å². The minimum absolute atomic E-state index is 0.251. The highest BCUT2D eigenvalue weighted by atomic mass is 79.9. The van der Waals surface area contributed by atoms with Crippen LogP contribution in [0.5, 0.6) is 0 Å². The molecule has 5 nitrogen and oxygen atoms in total. The minimum atomic E-state index is -5.08. The van der Waals surface area contributed by atoms with Crippen molar-refractivity contribution in [3.63, 3.8) is 0 Å². The monoisotopic (exact) mass is 581 g/mol. The average Bonchev–Trinajstić information content (AvgIpc) is 3.14. The van der Waals surface area contributed by atoms with Crippen LogP contribution in [0.4, 0.5) is 18.9 Å². The number of anilines is 1. The van der Waals surface area contributed by atoms with Gasteiger partial charge in [0, 0.05) is 34.3 Å². The number of halogens is 5. The number of rotatable bonds is 4.